The van der Waals surface area contributed by atoms with Gasteiger partial charge in [0.05, 0.1) is 39.0 Å². The number of rotatable bonds is 3. The quantitative estimate of drug-likeness (QED) is 0.170. The third-order valence-corrected chi connectivity index (χ3v) is 11.9. The van der Waals surface area contributed by atoms with E-state index in [1.807, 2.05) is 12.1 Å². The minimum atomic E-state index is 0.642. The van der Waals surface area contributed by atoms with Crippen LogP contribution in [0.2, 0.25) is 0 Å². The summed E-state index contributed by atoms with van der Waals surface area (Å²) in [4.78, 5) is 11.1. The average Bonchev–Trinajstić information content (AvgIpc) is 3.94. The molecule has 0 saturated heterocycles. The Morgan fingerprint density at radius 3 is 1.63 bits per heavy atom. The third kappa shape index (κ3) is 4.12. The van der Waals surface area contributed by atoms with Crippen LogP contribution in [0.3, 0.4) is 0 Å². The first-order valence-electron chi connectivity index (χ1n) is 19.3. The third-order valence-electron chi connectivity index (χ3n) is 11.9. The second-order valence-corrected chi connectivity index (χ2v) is 14.9. The van der Waals surface area contributed by atoms with E-state index in [9.17, 15) is 0 Å². The van der Waals surface area contributed by atoms with Crippen molar-refractivity contribution in [1.82, 2.24) is 19.1 Å². The lowest BCUT2D eigenvalue weighted by molar-refractivity contribution is 0.666. The van der Waals surface area contributed by atoms with Crippen LogP contribution >= 0.6 is 0 Å². The number of fused-ring (bicyclic) bond motifs is 16. The van der Waals surface area contributed by atoms with E-state index in [2.05, 4.69) is 179 Å². The van der Waals surface area contributed by atoms with Gasteiger partial charge >= 0.3 is 0 Å². The Bertz CT molecular complexity index is 3810. The van der Waals surface area contributed by atoms with Crippen molar-refractivity contribution in [2.45, 2.75) is 0 Å². The molecule has 9 aromatic carbocycles. The van der Waals surface area contributed by atoms with Gasteiger partial charge in [0.2, 0.25) is 5.95 Å². The summed E-state index contributed by atoms with van der Waals surface area (Å²) >= 11 is 0. The van der Waals surface area contributed by atoms with Crippen molar-refractivity contribution in [3.8, 4) is 22.9 Å². The Hall–Kier alpha value is -7.76. The van der Waals surface area contributed by atoms with Gasteiger partial charge in [0.15, 0.2) is 5.58 Å². The van der Waals surface area contributed by atoms with Crippen LogP contribution in [0, 0.1) is 0 Å². The summed E-state index contributed by atoms with van der Waals surface area (Å²) in [5.41, 5.74) is 10.0. The van der Waals surface area contributed by atoms with Gasteiger partial charge in [0.1, 0.15) is 5.58 Å². The molecule has 0 atom stereocenters. The molecular formula is C52H30N4O. The SMILES string of the molecule is c1ccc(-c2nc(-n3c4ccccc4c4c5c6ccccc6n(-c6cccc7c6oc6ccccc67)c5ccc43)nc3c4ccccc4c4ccccc4c23)cc1. The summed E-state index contributed by atoms with van der Waals surface area (Å²) in [5, 5.41) is 12.6. The summed E-state index contributed by atoms with van der Waals surface area (Å²) in [5.74, 6) is 0.642. The number of nitrogens with zero attached hydrogens (tertiary/aromatic N) is 4. The summed E-state index contributed by atoms with van der Waals surface area (Å²) in [6.45, 7) is 0. The van der Waals surface area contributed by atoms with E-state index >= 15 is 0 Å². The maximum absolute atomic E-state index is 6.62. The van der Waals surface area contributed by atoms with E-state index in [0.29, 0.717) is 5.95 Å². The van der Waals surface area contributed by atoms with Gasteiger partial charge in [-0.25, -0.2) is 9.97 Å². The molecule has 13 rings (SSSR count). The smallest absolute Gasteiger partial charge is 0.235 e. The molecule has 4 aromatic heterocycles. The number of furan rings is 1. The molecule has 0 aliphatic heterocycles. The molecule has 0 N–H and O–H groups in total. The molecule has 0 spiro atoms. The molecule has 0 unspecified atom stereocenters. The van der Waals surface area contributed by atoms with Crippen LogP contribution in [0.5, 0.6) is 0 Å². The standard InChI is InChI=1S/C52H30N4O/c1-2-15-31(16-3-1)49-48-35-20-6-4-17-32(35)33-18-5-7-21-36(33)50(48)54-52(53-49)56-41-26-12-9-23-39(41)47-43(56)30-29-42-46(47)38-22-8-11-25-40(38)55(42)44-27-14-24-37-34-19-10-13-28-45(34)57-51(37)44/h1-30H. The van der Waals surface area contributed by atoms with Gasteiger partial charge in [-0.1, -0.05) is 146 Å². The highest BCUT2D eigenvalue weighted by molar-refractivity contribution is 6.30. The van der Waals surface area contributed by atoms with Crippen LogP contribution in [0.15, 0.2) is 186 Å². The molecule has 0 bridgehead atoms. The Balaban J connectivity index is 1.18. The predicted octanol–water partition coefficient (Wildman–Crippen LogP) is 13.7. The number of para-hydroxylation sites is 4. The van der Waals surface area contributed by atoms with Gasteiger partial charge in [0, 0.05) is 48.7 Å². The monoisotopic (exact) mass is 726 g/mol. The minimum absolute atomic E-state index is 0.642. The summed E-state index contributed by atoms with van der Waals surface area (Å²) in [7, 11) is 0. The molecule has 13 aromatic rings. The minimum Gasteiger partial charge on any atom is -0.454 e. The zero-order chi connectivity index (χ0) is 37.2. The molecule has 264 valence electrons. The zero-order valence-electron chi connectivity index (χ0n) is 30.5. The average molecular weight is 727 g/mol. The summed E-state index contributed by atoms with van der Waals surface area (Å²) in [6, 6.07) is 64.5. The predicted molar refractivity (Wildman–Crippen MR) is 236 cm³/mol. The molecule has 0 aliphatic carbocycles. The summed E-state index contributed by atoms with van der Waals surface area (Å²) < 4.78 is 11.3. The van der Waals surface area contributed by atoms with Gasteiger partial charge in [-0.05, 0) is 52.6 Å². The van der Waals surface area contributed by atoms with E-state index in [1.54, 1.807) is 0 Å². The van der Waals surface area contributed by atoms with Gasteiger partial charge in [0.25, 0.3) is 0 Å². The highest BCUT2D eigenvalue weighted by Gasteiger charge is 2.24. The number of hydrogen-bond donors (Lipinski definition) is 0. The fourth-order valence-corrected chi connectivity index (χ4v) is 9.57. The van der Waals surface area contributed by atoms with Crippen LogP contribution < -0.4 is 0 Å². The second kappa shape index (κ2) is 11.4. The van der Waals surface area contributed by atoms with Crippen LogP contribution in [0.4, 0.5) is 0 Å². The first kappa shape index (κ1) is 30.6. The van der Waals surface area contributed by atoms with Crippen molar-refractivity contribution in [2.24, 2.45) is 0 Å². The van der Waals surface area contributed by atoms with Gasteiger partial charge in [-0.3, -0.25) is 4.57 Å². The molecular weight excluding hydrogens is 697 g/mol. The maximum atomic E-state index is 6.62. The highest BCUT2D eigenvalue weighted by Crippen LogP contribution is 2.45. The molecule has 5 heteroatoms. The van der Waals surface area contributed by atoms with Crippen molar-refractivity contribution < 1.29 is 4.42 Å². The topological polar surface area (TPSA) is 48.8 Å². The fraction of sp³-hybridized carbons (Fsp3) is 0. The van der Waals surface area contributed by atoms with E-state index < -0.39 is 0 Å². The van der Waals surface area contributed by atoms with Crippen molar-refractivity contribution in [3.63, 3.8) is 0 Å². The molecule has 0 amide bonds. The second-order valence-electron chi connectivity index (χ2n) is 14.9. The van der Waals surface area contributed by atoms with Crippen molar-refractivity contribution >= 4 is 98.0 Å². The molecule has 0 saturated carbocycles. The molecule has 4 heterocycles. The maximum Gasteiger partial charge on any atom is 0.235 e. The Labute approximate surface area is 325 Å². The van der Waals surface area contributed by atoms with Crippen LogP contribution in [-0.2, 0) is 0 Å². The van der Waals surface area contributed by atoms with Crippen molar-refractivity contribution in [1.29, 1.82) is 0 Å². The molecule has 0 aliphatic rings. The van der Waals surface area contributed by atoms with Gasteiger partial charge in [-0.2, -0.15) is 0 Å². The normalized spacial score (nSPS) is 12.2. The number of benzene rings is 9. The first-order chi connectivity index (χ1) is 28.3. The zero-order valence-corrected chi connectivity index (χ0v) is 30.5. The number of hydrogen-bond acceptors (Lipinski definition) is 3. The molecule has 57 heavy (non-hydrogen) atoms. The van der Waals surface area contributed by atoms with Crippen molar-refractivity contribution in [2.75, 3.05) is 0 Å². The lowest BCUT2D eigenvalue weighted by Gasteiger charge is -2.16. The van der Waals surface area contributed by atoms with E-state index in [-0.39, 0.29) is 0 Å². The van der Waals surface area contributed by atoms with E-state index in [0.717, 1.165) is 88.0 Å². The van der Waals surface area contributed by atoms with Crippen LogP contribution in [0.1, 0.15) is 0 Å². The largest absolute Gasteiger partial charge is 0.454 e. The summed E-state index contributed by atoms with van der Waals surface area (Å²) in [6.07, 6.45) is 0. The Morgan fingerprint density at radius 1 is 0.351 bits per heavy atom. The first-order valence-corrected chi connectivity index (χ1v) is 19.3. The van der Waals surface area contributed by atoms with Crippen LogP contribution in [0.25, 0.3) is 121 Å². The molecule has 0 radical (unpaired) electrons. The Kier molecular flexibility index (Phi) is 6.10. The molecule has 0 fully saturated rings. The number of aromatic nitrogens is 4. The van der Waals surface area contributed by atoms with Gasteiger partial charge in [-0.15, -0.1) is 0 Å². The lowest BCUT2D eigenvalue weighted by atomic mass is 9.94. The van der Waals surface area contributed by atoms with Crippen LogP contribution in [-0.4, -0.2) is 19.1 Å². The molecule has 5 nitrogen and oxygen atoms in total. The van der Waals surface area contributed by atoms with E-state index in [1.165, 1.54) is 26.9 Å². The van der Waals surface area contributed by atoms with Crippen molar-refractivity contribution in [3.05, 3.63) is 182 Å². The van der Waals surface area contributed by atoms with Gasteiger partial charge < -0.3 is 8.98 Å². The van der Waals surface area contributed by atoms with E-state index in [4.69, 9.17) is 14.4 Å². The highest BCUT2D eigenvalue weighted by atomic mass is 16.3. The fourth-order valence-electron chi connectivity index (χ4n) is 9.57. The lowest BCUT2D eigenvalue weighted by Crippen LogP contribution is -2.04. The Morgan fingerprint density at radius 2 is 0.895 bits per heavy atom.